The Morgan fingerprint density at radius 2 is 2.25 bits per heavy atom. The lowest BCUT2D eigenvalue weighted by atomic mass is 13.9. The van der Waals surface area contributed by atoms with Crippen molar-refractivity contribution in [1.29, 1.82) is 0 Å². The molecule has 0 bridgehead atoms. The Bertz CT molecular complexity index is 22.0. The van der Waals surface area contributed by atoms with Crippen molar-refractivity contribution < 1.29 is 0 Å². The molecule has 4 heteroatoms. The Morgan fingerprint density at radius 3 is 2.25 bits per heavy atom. The summed E-state index contributed by atoms with van der Waals surface area (Å²) in [7, 11) is 0.393. The summed E-state index contributed by atoms with van der Waals surface area (Å²) in [5.74, 6) is 0. The molecular weight excluding hydrogens is 157 g/mol. The van der Waals surface area contributed by atoms with Gasteiger partial charge in [-0.05, 0) is 15.5 Å². The van der Waals surface area contributed by atoms with E-state index in [1.54, 1.807) is 0 Å². The molecule has 0 saturated carbocycles. The fraction of sp³-hybridized carbons (Fsp3) is 0. The summed E-state index contributed by atoms with van der Waals surface area (Å²) in [5, 5.41) is 0. The lowest BCUT2D eigenvalue weighted by Crippen LogP contribution is -1.03. The molecular formula is HBrNPS. The van der Waals surface area contributed by atoms with Crippen LogP contribution in [0.1, 0.15) is 0 Å². The Labute approximate surface area is 39.9 Å². The third-order valence-electron chi connectivity index (χ3n) is 0.0345. The SMILES string of the molecule is S=NPBr. The van der Waals surface area contributed by atoms with Crippen molar-refractivity contribution in [2.75, 3.05) is 0 Å². The maximum atomic E-state index is 4.14. The normalized spacial score (nSPS) is 9.25. The fourth-order valence-electron chi connectivity index (χ4n) is 0. The zero-order valence-electron chi connectivity index (χ0n) is 1.73. The monoisotopic (exact) mass is 157 g/mol. The maximum Gasteiger partial charge on any atom is 0.0861 e. The highest BCUT2D eigenvalue weighted by Crippen LogP contribution is 2.18. The highest BCUT2D eigenvalue weighted by atomic mass is 79.9. The van der Waals surface area contributed by atoms with Gasteiger partial charge in [-0.25, -0.2) is 0 Å². The molecule has 0 radical (unpaired) electrons. The summed E-state index contributed by atoms with van der Waals surface area (Å²) in [5.41, 5.74) is 0. The molecule has 0 N–H and O–H groups in total. The van der Waals surface area contributed by atoms with Gasteiger partial charge in [-0.3, -0.25) is 0 Å². The molecule has 1 nitrogen and oxygen atoms in total. The van der Waals surface area contributed by atoms with E-state index in [4.69, 9.17) is 0 Å². The summed E-state index contributed by atoms with van der Waals surface area (Å²) in [6, 6.07) is 0. The molecule has 0 aromatic carbocycles. The average molecular weight is 158 g/mol. The number of hydrogen-bond acceptors (Lipinski definition) is 2. The van der Waals surface area contributed by atoms with Crippen molar-refractivity contribution in [2.24, 2.45) is 4.13 Å². The number of nitrogens with zero attached hydrogens (tertiary/aromatic N) is 1. The van der Waals surface area contributed by atoms with Gasteiger partial charge in [-0.2, -0.15) is 4.13 Å². The fourth-order valence-corrected chi connectivity index (χ4v) is 0. The van der Waals surface area contributed by atoms with Crippen LogP contribution < -0.4 is 0 Å². The molecule has 0 aliphatic rings. The van der Waals surface area contributed by atoms with E-state index in [1.165, 1.54) is 0 Å². The van der Waals surface area contributed by atoms with E-state index < -0.39 is 0 Å². The molecule has 0 aliphatic carbocycles. The smallest absolute Gasteiger partial charge is 0.0861 e. The van der Waals surface area contributed by atoms with Crippen LogP contribution in [0.3, 0.4) is 0 Å². The van der Waals surface area contributed by atoms with E-state index in [2.05, 4.69) is 32.0 Å². The van der Waals surface area contributed by atoms with Gasteiger partial charge in [-0.1, -0.05) is 0 Å². The van der Waals surface area contributed by atoms with Crippen molar-refractivity contribution in [2.45, 2.75) is 0 Å². The van der Waals surface area contributed by atoms with E-state index >= 15 is 0 Å². The van der Waals surface area contributed by atoms with Crippen molar-refractivity contribution in [3.05, 3.63) is 0 Å². The van der Waals surface area contributed by atoms with Crippen molar-refractivity contribution >= 4 is 35.3 Å². The van der Waals surface area contributed by atoms with Gasteiger partial charge in [0.05, 0.1) is 7.43 Å². The molecule has 0 spiro atoms. The summed E-state index contributed by atoms with van der Waals surface area (Å²) >= 11 is 7.15. The molecule has 0 heterocycles. The number of halogens is 1. The molecule has 0 aromatic rings. The minimum atomic E-state index is 0.393. The van der Waals surface area contributed by atoms with Crippen LogP contribution in [0.4, 0.5) is 0 Å². The Kier molecular flexibility index (Phi) is 4.84. The third-order valence-corrected chi connectivity index (χ3v) is 1.61. The minimum Gasteiger partial charge on any atom is -0.187 e. The molecule has 0 aromatic heterocycles. The van der Waals surface area contributed by atoms with E-state index in [9.17, 15) is 0 Å². The molecule has 0 fully saturated rings. The van der Waals surface area contributed by atoms with E-state index in [0.717, 1.165) is 0 Å². The van der Waals surface area contributed by atoms with Crippen LogP contribution in [0, 0.1) is 0 Å². The van der Waals surface area contributed by atoms with Crippen LogP contribution in [0.15, 0.2) is 4.13 Å². The molecule has 4 heavy (non-hydrogen) atoms. The molecule has 0 rings (SSSR count). The molecule has 1 unspecified atom stereocenters. The second kappa shape index (κ2) is 3.93. The first-order valence-electron chi connectivity index (χ1n) is 0.595. The lowest BCUT2D eigenvalue weighted by molar-refractivity contribution is 2.12. The first kappa shape index (κ1) is 4.93. The highest BCUT2D eigenvalue weighted by Gasteiger charge is 1.49. The predicted octanol–water partition coefficient (Wildman–Crippen LogP) is 1.62. The van der Waals surface area contributed by atoms with Gasteiger partial charge in [-0.15, -0.1) is 0 Å². The highest BCUT2D eigenvalue weighted by molar-refractivity contribution is 9.36. The van der Waals surface area contributed by atoms with Crippen LogP contribution in [-0.2, 0) is 12.4 Å². The summed E-state index contributed by atoms with van der Waals surface area (Å²) in [6.45, 7) is 0. The second-order valence-corrected chi connectivity index (χ2v) is 2.14. The summed E-state index contributed by atoms with van der Waals surface area (Å²) in [6.07, 6.45) is 0. The van der Waals surface area contributed by atoms with Crippen LogP contribution >= 0.6 is 22.9 Å². The van der Waals surface area contributed by atoms with Crippen molar-refractivity contribution in [3.8, 4) is 0 Å². The Morgan fingerprint density at radius 1 is 2.00 bits per heavy atom. The van der Waals surface area contributed by atoms with Gasteiger partial charge in [0.25, 0.3) is 0 Å². The summed E-state index contributed by atoms with van der Waals surface area (Å²) < 4.78 is 3.26. The largest absolute Gasteiger partial charge is 0.187 e. The quantitative estimate of drug-likeness (QED) is 0.528. The number of hydrogen-bond donors (Lipinski definition) is 0. The van der Waals surface area contributed by atoms with Crippen LogP contribution in [0.25, 0.3) is 0 Å². The molecule has 24 valence electrons. The molecule has 1 atom stereocenters. The topological polar surface area (TPSA) is 12.4 Å². The van der Waals surface area contributed by atoms with Crippen LogP contribution in [0.2, 0.25) is 0 Å². The average Bonchev–Trinajstić information content (AvgIpc) is 1.37. The van der Waals surface area contributed by atoms with Gasteiger partial charge in [0, 0.05) is 12.4 Å². The number of rotatable bonds is 1. The molecule has 0 amide bonds. The summed E-state index contributed by atoms with van der Waals surface area (Å²) in [4.78, 5) is 0. The first-order valence-corrected chi connectivity index (χ1v) is 4.16. The van der Waals surface area contributed by atoms with Crippen LogP contribution in [0.5, 0.6) is 0 Å². The van der Waals surface area contributed by atoms with Crippen LogP contribution in [-0.4, -0.2) is 0 Å². The Hall–Kier alpha value is 0.930. The lowest BCUT2D eigenvalue weighted by Gasteiger charge is -1.54. The third kappa shape index (κ3) is 2.93. The zero-order chi connectivity index (χ0) is 3.41. The van der Waals surface area contributed by atoms with Gasteiger partial charge in [0.2, 0.25) is 0 Å². The maximum absolute atomic E-state index is 4.14. The second-order valence-electron chi connectivity index (χ2n) is 0.176. The molecule has 0 aliphatic heterocycles. The standard InChI is InChI=1S/BrHNPS/c1-3-2-4/h3H. The van der Waals surface area contributed by atoms with Gasteiger partial charge in [0.15, 0.2) is 0 Å². The van der Waals surface area contributed by atoms with E-state index in [-0.39, 0.29) is 0 Å². The first-order chi connectivity index (χ1) is 1.91. The van der Waals surface area contributed by atoms with E-state index in [0.29, 0.717) is 7.43 Å². The minimum absolute atomic E-state index is 0.393. The zero-order valence-corrected chi connectivity index (χ0v) is 5.14. The van der Waals surface area contributed by atoms with Gasteiger partial charge >= 0.3 is 0 Å². The molecule has 0 saturated heterocycles. The van der Waals surface area contributed by atoms with Gasteiger partial charge < -0.3 is 0 Å². The predicted molar refractivity (Wildman–Crippen MR) is 27.0 cm³/mol. The van der Waals surface area contributed by atoms with Crippen molar-refractivity contribution in [1.82, 2.24) is 0 Å². The Balaban J connectivity index is 2.30. The van der Waals surface area contributed by atoms with Gasteiger partial charge in [0.1, 0.15) is 0 Å². The van der Waals surface area contributed by atoms with E-state index in [1.807, 2.05) is 0 Å². The van der Waals surface area contributed by atoms with Crippen molar-refractivity contribution in [3.63, 3.8) is 0 Å².